The summed E-state index contributed by atoms with van der Waals surface area (Å²) in [7, 11) is 0. The topological polar surface area (TPSA) is 105 Å². The number of benzene rings is 1. The summed E-state index contributed by atoms with van der Waals surface area (Å²) in [5.74, 6) is -0.503. The Hall–Kier alpha value is -2.92. The summed E-state index contributed by atoms with van der Waals surface area (Å²) in [6.45, 7) is 0. The van der Waals surface area contributed by atoms with E-state index in [1.54, 1.807) is 0 Å². The van der Waals surface area contributed by atoms with E-state index in [1.165, 1.54) is 30.3 Å². The van der Waals surface area contributed by atoms with Gasteiger partial charge in [-0.05, 0) is 17.7 Å². The Kier molecular flexibility index (Phi) is 3.75. The molecule has 3 heterocycles. The Morgan fingerprint density at radius 3 is 2.59 bits per heavy atom. The van der Waals surface area contributed by atoms with E-state index in [2.05, 4.69) is 20.2 Å². The maximum Gasteiger partial charge on any atom is 0.438 e. The normalized spacial score (nSPS) is 20.3. The molecule has 140 valence electrons. The second-order valence-electron chi connectivity index (χ2n) is 5.87. The highest BCUT2D eigenvalue weighted by Crippen LogP contribution is 2.43. The van der Waals surface area contributed by atoms with Crippen molar-refractivity contribution in [3.8, 4) is 0 Å². The van der Waals surface area contributed by atoms with Gasteiger partial charge in [0.1, 0.15) is 12.1 Å². The number of halogens is 4. The second-order valence-corrected chi connectivity index (χ2v) is 6.30. The number of aromatic nitrogens is 4. The van der Waals surface area contributed by atoms with Crippen LogP contribution >= 0.6 is 11.6 Å². The number of nitrogen functional groups attached to an aromatic ring is 1. The fraction of sp³-hybridized carbons (Fsp3) is 0.200. The zero-order chi connectivity index (χ0) is 19.4. The molecule has 1 atom stereocenters. The van der Waals surface area contributed by atoms with Gasteiger partial charge >= 0.3 is 6.18 Å². The number of hydrogen-bond donors (Lipinski definition) is 2. The first-order valence-electron chi connectivity index (χ1n) is 7.58. The van der Waals surface area contributed by atoms with Crippen LogP contribution in [0.25, 0.3) is 5.65 Å². The van der Waals surface area contributed by atoms with E-state index in [1.807, 2.05) is 0 Å². The number of anilines is 2. The molecule has 4 rings (SSSR count). The molecule has 0 unspecified atom stereocenters. The highest BCUT2D eigenvalue weighted by atomic mass is 35.5. The van der Waals surface area contributed by atoms with Crippen molar-refractivity contribution in [1.29, 1.82) is 0 Å². The van der Waals surface area contributed by atoms with Crippen LogP contribution < -0.4 is 10.7 Å². The third-order valence-electron chi connectivity index (χ3n) is 4.08. The predicted molar refractivity (Wildman–Crippen MR) is 91.3 cm³/mol. The highest BCUT2D eigenvalue weighted by molar-refractivity contribution is 6.30. The van der Waals surface area contributed by atoms with E-state index in [-0.39, 0.29) is 17.2 Å². The van der Waals surface area contributed by atoms with E-state index in [0.717, 1.165) is 10.8 Å². The van der Waals surface area contributed by atoms with Crippen LogP contribution in [0, 0.1) is 0 Å². The molecule has 3 aromatic rings. The lowest BCUT2D eigenvalue weighted by molar-refractivity contribution is -0.254. The SMILES string of the molecule is Nc1cc2ncnn2c(N2N=C(c3ccc(Cl)cc3)C[C@@]2(O)C(F)(F)F)n1. The first kappa shape index (κ1) is 17.5. The Bertz CT molecular complexity index is 1050. The summed E-state index contributed by atoms with van der Waals surface area (Å²) in [5.41, 5.74) is 2.88. The summed E-state index contributed by atoms with van der Waals surface area (Å²) in [6.07, 6.45) is -4.72. The molecule has 1 aliphatic heterocycles. The van der Waals surface area contributed by atoms with Crippen LogP contribution in [0.3, 0.4) is 0 Å². The number of fused-ring (bicyclic) bond motifs is 1. The van der Waals surface area contributed by atoms with Crippen LogP contribution in [0.5, 0.6) is 0 Å². The van der Waals surface area contributed by atoms with Crippen LogP contribution in [-0.4, -0.2) is 42.3 Å². The Morgan fingerprint density at radius 1 is 1.22 bits per heavy atom. The zero-order valence-corrected chi connectivity index (χ0v) is 14.1. The van der Waals surface area contributed by atoms with Gasteiger partial charge in [-0.3, -0.25) is 0 Å². The summed E-state index contributed by atoms with van der Waals surface area (Å²) in [4.78, 5) is 7.77. The number of rotatable bonds is 2. The van der Waals surface area contributed by atoms with Crippen molar-refractivity contribution >= 4 is 34.7 Å². The number of aliphatic hydroxyl groups is 1. The van der Waals surface area contributed by atoms with Gasteiger partial charge in [-0.2, -0.15) is 37.9 Å². The molecule has 1 aliphatic rings. The van der Waals surface area contributed by atoms with Crippen molar-refractivity contribution in [3.05, 3.63) is 47.2 Å². The Labute approximate surface area is 154 Å². The molecule has 2 aromatic heterocycles. The van der Waals surface area contributed by atoms with Gasteiger partial charge in [0.05, 0.1) is 12.1 Å². The van der Waals surface area contributed by atoms with Crippen molar-refractivity contribution in [2.45, 2.75) is 18.3 Å². The lowest BCUT2D eigenvalue weighted by Crippen LogP contribution is -2.55. The van der Waals surface area contributed by atoms with E-state index in [4.69, 9.17) is 17.3 Å². The average Bonchev–Trinajstić information content (AvgIpc) is 3.19. The third kappa shape index (κ3) is 2.75. The van der Waals surface area contributed by atoms with Crippen molar-refractivity contribution in [2.75, 3.05) is 10.7 Å². The summed E-state index contributed by atoms with van der Waals surface area (Å²) in [5, 5.41) is 19.1. The van der Waals surface area contributed by atoms with Crippen LogP contribution in [0.1, 0.15) is 12.0 Å². The molecule has 12 heteroatoms. The third-order valence-corrected chi connectivity index (χ3v) is 4.33. The molecule has 0 spiro atoms. The molecular weight excluding hydrogens is 387 g/mol. The Balaban J connectivity index is 1.90. The van der Waals surface area contributed by atoms with Gasteiger partial charge in [0, 0.05) is 11.1 Å². The number of alkyl halides is 3. The minimum absolute atomic E-state index is 0.00369. The lowest BCUT2D eigenvalue weighted by Gasteiger charge is -2.33. The standard InChI is InChI=1S/C15H11ClF3N7O/c16-9-3-1-8(2-4-9)10-6-14(27,15(17,18)19)26(24-10)13-23-11(20)5-12-21-7-22-25(12)13/h1-5,7,27H,6,20H2/t14-/m1/s1. The molecule has 0 saturated carbocycles. The molecule has 0 radical (unpaired) electrons. The van der Waals surface area contributed by atoms with Crippen molar-refractivity contribution in [1.82, 2.24) is 19.6 Å². The molecule has 0 bridgehead atoms. The van der Waals surface area contributed by atoms with E-state index >= 15 is 0 Å². The van der Waals surface area contributed by atoms with Gasteiger partial charge in [0.15, 0.2) is 5.65 Å². The summed E-state index contributed by atoms with van der Waals surface area (Å²) in [6, 6.07) is 7.40. The van der Waals surface area contributed by atoms with Crippen molar-refractivity contribution in [3.63, 3.8) is 0 Å². The van der Waals surface area contributed by atoms with Crippen molar-refractivity contribution < 1.29 is 18.3 Å². The molecule has 0 amide bonds. The van der Waals surface area contributed by atoms with E-state index in [0.29, 0.717) is 15.6 Å². The first-order chi connectivity index (χ1) is 12.7. The minimum atomic E-state index is -5.04. The number of nitrogens with two attached hydrogens (primary N) is 1. The van der Waals surface area contributed by atoms with E-state index in [9.17, 15) is 18.3 Å². The van der Waals surface area contributed by atoms with Gasteiger partial charge in [-0.15, -0.1) is 0 Å². The molecule has 0 fully saturated rings. The highest BCUT2D eigenvalue weighted by Gasteiger charge is 2.63. The lowest BCUT2D eigenvalue weighted by atomic mass is 10.0. The smallest absolute Gasteiger partial charge is 0.383 e. The molecule has 3 N–H and O–H groups in total. The molecule has 0 aliphatic carbocycles. The Morgan fingerprint density at radius 2 is 1.93 bits per heavy atom. The first-order valence-corrected chi connectivity index (χ1v) is 7.96. The molecular formula is C15H11ClF3N7O. The van der Waals surface area contributed by atoms with Crippen molar-refractivity contribution in [2.24, 2.45) is 5.10 Å². The molecule has 27 heavy (non-hydrogen) atoms. The quantitative estimate of drug-likeness (QED) is 0.687. The fourth-order valence-corrected chi connectivity index (χ4v) is 2.87. The number of hydrazone groups is 1. The van der Waals surface area contributed by atoms with Gasteiger partial charge in [0.2, 0.25) is 0 Å². The van der Waals surface area contributed by atoms with Gasteiger partial charge in [-0.1, -0.05) is 23.7 Å². The second kappa shape index (κ2) is 5.79. The predicted octanol–water partition coefficient (Wildman–Crippen LogP) is 2.23. The maximum atomic E-state index is 13.8. The number of hydrogen-bond acceptors (Lipinski definition) is 7. The molecule has 1 aromatic carbocycles. The minimum Gasteiger partial charge on any atom is -0.383 e. The van der Waals surface area contributed by atoms with Gasteiger partial charge < -0.3 is 10.8 Å². The largest absolute Gasteiger partial charge is 0.438 e. The van der Waals surface area contributed by atoms with Crippen LogP contribution in [0.4, 0.5) is 24.9 Å². The van der Waals surface area contributed by atoms with Gasteiger partial charge in [-0.25, -0.2) is 4.98 Å². The van der Waals surface area contributed by atoms with Crippen LogP contribution in [0.2, 0.25) is 5.02 Å². The zero-order valence-electron chi connectivity index (χ0n) is 13.4. The fourth-order valence-electron chi connectivity index (χ4n) is 2.75. The maximum absolute atomic E-state index is 13.8. The molecule has 0 saturated heterocycles. The monoisotopic (exact) mass is 397 g/mol. The molecule has 8 nitrogen and oxygen atoms in total. The number of nitrogens with zero attached hydrogens (tertiary/aromatic N) is 6. The summed E-state index contributed by atoms with van der Waals surface area (Å²) < 4.78 is 42.3. The van der Waals surface area contributed by atoms with E-state index < -0.39 is 24.3 Å². The average molecular weight is 398 g/mol. The van der Waals surface area contributed by atoms with Gasteiger partial charge in [0.25, 0.3) is 11.7 Å². The van der Waals surface area contributed by atoms with Crippen LogP contribution in [-0.2, 0) is 0 Å². The van der Waals surface area contributed by atoms with Crippen LogP contribution in [0.15, 0.2) is 41.8 Å². The summed E-state index contributed by atoms with van der Waals surface area (Å²) >= 11 is 5.82.